The summed E-state index contributed by atoms with van der Waals surface area (Å²) >= 11 is 0. The largest absolute Gasteiger partial charge is 0.324 e. The van der Waals surface area contributed by atoms with Gasteiger partial charge >= 0.3 is 0 Å². The van der Waals surface area contributed by atoms with E-state index in [1.807, 2.05) is 19.1 Å². The minimum atomic E-state index is 0.132. The Labute approximate surface area is 103 Å². The first-order chi connectivity index (χ1) is 8.25. The van der Waals surface area contributed by atoms with Crippen molar-refractivity contribution in [2.45, 2.75) is 45.4 Å². The molecule has 0 atom stereocenters. The Morgan fingerprint density at radius 1 is 1.41 bits per heavy atom. The van der Waals surface area contributed by atoms with Crippen LogP contribution in [0.4, 0.5) is 5.69 Å². The van der Waals surface area contributed by atoms with Crippen molar-refractivity contribution in [1.82, 2.24) is 4.98 Å². The van der Waals surface area contributed by atoms with Gasteiger partial charge in [-0.05, 0) is 37.8 Å². The van der Waals surface area contributed by atoms with Crippen LogP contribution in [0.15, 0.2) is 18.3 Å². The van der Waals surface area contributed by atoms with Crippen LogP contribution in [-0.2, 0) is 4.79 Å². The van der Waals surface area contributed by atoms with Crippen molar-refractivity contribution >= 4 is 11.6 Å². The van der Waals surface area contributed by atoms with E-state index < -0.39 is 0 Å². The second-order valence-corrected chi connectivity index (χ2v) is 4.89. The minimum absolute atomic E-state index is 0.132. The fourth-order valence-electron chi connectivity index (χ4n) is 2.47. The summed E-state index contributed by atoms with van der Waals surface area (Å²) in [5.41, 5.74) is 1.72. The zero-order valence-electron chi connectivity index (χ0n) is 10.4. The molecule has 3 heteroatoms. The molecule has 1 saturated carbocycles. The molecule has 0 spiro atoms. The van der Waals surface area contributed by atoms with Gasteiger partial charge in [-0.2, -0.15) is 0 Å². The summed E-state index contributed by atoms with van der Waals surface area (Å²) in [6, 6.07) is 3.75. The summed E-state index contributed by atoms with van der Waals surface area (Å²) in [5.74, 6) is 0.716. The first-order valence-corrected chi connectivity index (χ1v) is 6.47. The molecule has 17 heavy (non-hydrogen) atoms. The number of aryl methyl sites for hydroxylation is 1. The van der Waals surface area contributed by atoms with Crippen molar-refractivity contribution in [2.75, 3.05) is 5.32 Å². The van der Waals surface area contributed by atoms with Crippen molar-refractivity contribution in [3.05, 3.63) is 24.0 Å². The van der Waals surface area contributed by atoms with Crippen LogP contribution >= 0.6 is 0 Å². The van der Waals surface area contributed by atoms with Gasteiger partial charge in [0, 0.05) is 12.6 Å². The van der Waals surface area contributed by atoms with E-state index in [4.69, 9.17) is 0 Å². The van der Waals surface area contributed by atoms with Crippen LogP contribution < -0.4 is 5.32 Å². The Morgan fingerprint density at radius 2 is 2.18 bits per heavy atom. The van der Waals surface area contributed by atoms with Crippen molar-refractivity contribution in [1.29, 1.82) is 0 Å². The van der Waals surface area contributed by atoms with Gasteiger partial charge in [0.05, 0.1) is 11.4 Å². The number of rotatable bonds is 3. The van der Waals surface area contributed by atoms with Gasteiger partial charge in [0.25, 0.3) is 0 Å². The molecule has 1 fully saturated rings. The van der Waals surface area contributed by atoms with Gasteiger partial charge in [0.1, 0.15) is 0 Å². The molecule has 3 nitrogen and oxygen atoms in total. The van der Waals surface area contributed by atoms with Crippen LogP contribution in [0.1, 0.15) is 44.2 Å². The molecule has 92 valence electrons. The predicted molar refractivity (Wildman–Crippen MR) is 68.8 cm³/mol. The zero-order chi connectivity index (χ0) is 12.1. The van der Waals surface area contributed by atoms with E-state index in [1.165, 1.54) is 32.1 Å². The fraction of sp³-hybridized carbons (Fsp3) is 0.571. The van der Waals surface area contributed by atoms with Crippen LogP contribution in [0, 0.1) is 12.8 Å². The molecule has 1 N–H and O–H groups in total. The van der Waals surface area contributed by atoms with Crippen LogP contribution in [0.2, 0.25) is 0 Å². The number of aromatic nitrogens is 1. The van der Waals surface area contributed by atoms with E-state index in [0.29, 0.717) is 12.3 Å². The maximum absolute atomic E-state index is 11.9. The maximum Gasteiger partial charge on any atom is 0.224 e. The summed E-state index contributed by atoms with van der Waals surface area (Å²) in [4.78, 5) is 16.1. The van der Waals surface area contributed by atoms with E-state index >= 15 is 0 Å². The monoisotopic (exact) mass is 232 g/mol. The van der Waals surface area contributed by atoms with Gasteiger partial charge in [-0.1, -0.05) is 19.3 Å². The minimum Gasteiger partial charge on any atom is -0.324 e. The average Bonchev–Trinajstić information content (AvgIpc) is 2.33. The fourth-order valence-corrected chi connectivity index (χ4v) is 2.47. The summed E-state index contributed by atoms with van der Waals surface area (Å²) in [5, 5.41) is 2.96. The van der Waals surface area contributed by atoms with Gasteiger partial charge < -0.3 is 5.32 Å². The quantitative estimate of drug-likeness (QED) is 0.868. The average molecular weight is 232 g/mol. The van der Waals surface area contributed by atoms with Crippen molar-refractivity contribution in [3.8, 4) is 0 Å². The molecule has 1 aliphatic rings. The second-order valence-electron chi connectivity index (χ2n) is 4.89. The van der Waals surface area contributed by atoms with Crippen molar-refractivity contribution in [3.63, 3.8) is 0 Å². The first kappa shape index (κ1) is 12.1. The van der Waals surface area contributed by atoms with E-state index in [0.717, 1.165) is 11.4 Å². The molecule has 1 aliphatic carbocycles. The second kappa shape index (κ2) is 5.80. The van der Waals surface area contributed by atoms with E-state index in [1.54, 1.807) is 6.20 Å². The molecule has 1 amide bonds. The number of carbonyl (C=O) groups is 1. The summed E-state index contributed by atoms with van der Waals surface area (Å²) in [7, 11) is 0. The summed E-state index contributed by atoms with van der Waals surface area (Å²) in [6.45, 7) is 1.91. The van der Waals surface area contributed by atoms with Crippen LogP contribution in [-0.4, -0.2) is 10.9 Å². The molecule has 0 aromatic carbocycles. The molecular weight excluding hydrogens is 212 g/mol. The number of hydrogen-bond donors (Lipinski definition) is 1. The third-order valence-corrected chi connectivity index (χ3v) is 3.48. The molecule has 1 aromatic heterocycles. The molecule has 0 unspecified atom stereocenters. The third kappa shape index (κ3) is 3.55. The molecule has 1 heterocycles. The van der Waals surface area contributed by atoms with Crippen LogP contribution in [0.3, 0.4) is 0 Å². The predicted octanol–water partition coefficient (Wildman–Crippen LogP) is 3.30. The van der Waals surface area contributed by atoms with Gasteiger partial charge in [0.15, 0.2) is 0 Å². The smallest absolute Gasteiger partial charge is 0.224 e. The molecule has 0 radical (unpaired) electrons. The lowest BCUT2D eigenvalue weighted by Crippen LogP contribution is -2.18. The molecule has 1 aromatic rings. The topological polar surface area (TPSA) is 42.0 Å². The molecular formula is C14H20N2O. The van der Waals surface area contributed by atoms with E-state index in [2.05, 4.69) is 10.3 Å². The SMILES string of the molecule is Cc1ncccc1NC(=O)CC1CCCCC1. The molecule has 2 rings (SSSR count). The van der Waals surface area contributed by atoms with Gasteiger partial charge in [-0.25, -0.2) is 0 Å². The normalized spacial score (nSPS) is 16.8. The highest BCUT2D eigenvalue weighted by atomic mass is 16.1. The Hall–Kier alpha value is -1.38. The molecule has 0 saturated heterocycles. The number of hydrogen-bond acceptors (Lipinski definition) is 2. The lowest BCUT2D eigenvalue weighted by atomic mass is 9.87. The standard InChI is InChI=1S/C14H20N2O/c1-11-13(8-5-9-15-11)16-14(17)10-12-6-3-2-4-7-12/h5,8-9,12H,2-4,6-7,10H2,1H3,(H,16,17). The Morgan fingerprint density at radius 3 is 2.88 bits per heavy atom. The van der Waals surface area contributed by atoms with Gasteiger partial charge in [-0.3, -0.25) is 9.78 Å². The van der Waals surface area contributed by atoms with Crippen molar-refractivity contribution in [2.24, 2.45) is 5.92 Å². The molecule has 0 aliphatic heterocycles. The number of anilines is 1. The van der Waals surface area contributed by atoms with Crippen LogP contribution in [0.25, 0.3) is 0 Å². The number of nitrogens with one attached hydrogen (secondary N) is 1. The number of carbonyl (C=O) groups excluding carboxylic acids is 1. The first-order valence-electron chi connectivity index (χ1n) is 6.47. The Balaban J connectivity index is 1.86. The highest BCUT2D eigenvalue weighted by molar-refractivity contribution is 5.91. The van der Waals surface area contributed by atoms with Gasteiger partial charge in [0.2, 0.25) is 5.91 Å². The molecule has 0 bridgehead atoms. The highest BCUT2D eigenvalue weighted by Gasteiger charge is 2.17. The number of nitrogens with zero attached hydrogens (tertiary/aromatic N) is 1. The third-order valence-electron chi connectivity index (χ3n) is 3.48. The number of pyridine rings is 1. The summed E-state index contributed by atoms with van der Waals surface area (Å²) < 4.78 is 0. The van der Waals surface area contributed by atoms with E-state index in [-0.39, 0.29) is 5.91 Å². The number of amides is 1. The van der Waals surface area contributed by atoms with Crippen molar-refractivity contribution < 1.29 is 4.79 Å². The van der Waals surface area contributed by atoms with Crippen LogP contribution in [0.5, 0.6) is 0 Å². The lowest BCUT2D eigenvalue weighted by Gasteiger charge is -2.20. The zero-order valence-corrected chi connectivity index (χ0v) is 10.4. The Kier molecular flexibility index (Phi) is 4.13. The maximum atomic E-state index is 11.9. The Bertz CT molecular complexity index is 384. The summed E-state index contributed by atoms with van der Waals surface area (Å²) in [6.07, 6.45) is 8.72. The van der Waals surface area contributed by atoms with Gasteiger partial charge in [-0.15, -0.1) is 0 Å². The highest BCUT2D eigenvalue weighted by Crippen LogP contribution is 2.26. The lowest BCUT2D eigenvalue weighted by molar-refractivity contribution is -0.117. The van der Waals surface area contributed by atoms with E-state index in [9.17, 15) is 4.79 Å².